The van der Waals surface area contributed by atoms with Crippen molar-refractivity contribution < 1.29 is 4.79 Å². The van der Waals surface area contributed by atoms with E-state index < -0.39 is 0 Å². The zero-order valence-electron chi connectivity index (χ0n) is 11.3. The van der Waals surface area contributed by atoms with E-state index in [9.17, 15) is 4.79 Å². The highest BCUT2D eigenvalue weighted by molar-refractivity contribution is 7.99. The van der Waals surface area contributed by atoms with Crippen molar-refractivity contribution in [3.05, 3.63) is 48.2 Å². The number of carbonyl (C=O) groups is 1. The van der Waals surface area contributed by atoms with E-state index in [0.29, 0.717) is 17.9 Å². The van der Waals surface area contributed by atoms with Crippen LogP contribution in [0.4, 0.5) is 11.4 Å². The Bertz CT molecular complexity index is 587. The van der Waals surface area contributed by atoms with Crippen LogP contribution in [0, 0.1) is 6.92 Å². The van der Waals surface area contributed by atoms with E-state index in [1.165, 1.54) is 0 Å². The number of nitrogens with two attached hydrogens (primary N) is 1. The van der Waals surface area contributed by atoms with Gasteiger partial charge in [0.25, 0.3) is 0 Å². The zero-order valence-corrected chi connectivity index (χ0v) is 12.1. The molecule has 0 radical (unpaired) electrons. The second kappa shape index (κ2) is 6.96. The number of nitrogens with zero attached hydrogens (tertiary/aromatic N) is 1. The van der Waals surface area contributed by atoms with Gasteiger partial charge in [-0.25, -0.2) is 4.98 Å². The molecule has 0 bridgehead atoms. The Morgan fingerprint density at radius 1 is 1.30 bits per heavy atom. The van der Waals surface area contributed by atoms with Crippen LogP contribution in [0.25, 0.3) is 0 Å². The molecule has 1 aromatic carbocycles. The number of carbonyl (C=O) groups excluding carboxylic acids is 1. The SMILES string of the molecule is Cc1c(N)cccc1NC(=O)CCSc1ccccn1. The molecule has 0 atom stereocenters. The number of hydrogen-bond acceptors (Lipinski definition) is 4. The highest BCUT2D eigenvalue weighted by atomic mass is 32.2. The summed E-state index contributed by atoms with van der Waals surface area (Å²) in [5.41, 5.74) is 8.17. The standard InChI is InChI=1S/C15H17N3OS/c1-11-12(16)5-4-6-13(11)18-14(19)8-10-20-15-7-2-3-9-17-15/h2-7,9H,8,10,16H2,1H3,(H,18,19). The Hall–Kier alpha value is -2.01. The molecule has 0 spiro atoms. The van der Waals surface area contributed by atoms with E-state index in [1.807, 2.05) is 43.3 Å². The van der Waals surface area contributed by atoms with Gasteiger partial charge in [-0.05, 0) is 36.8 Å². The average Bonchev–Trinajstić information content (AvgIpc) is 2.45. The summed E-state index contributed by atoms with van der Waals surface area (Å²) in [4.78, 5) is 16.1. The molecule has 1 heterocycles. The Kier molecular flexibility index (Phi) is 5.01. The molecule has 20 heavy (non-hydrogen) atoms. The molecule has 104 valence electrons. The smallest absolute Gasteiger partial charge is 0.225 e. The highest BCUT2D eigenvalue weighted by Crippen LogP contribution is 2.21. The van der Waals surface area contributed by atoms with Crippen LogP contribution in [-0.2, 0) is 4.79 Å². The molecule has 2 aromatic rings. The third-order valence-corrected chi connectivity index (χ3v) is 3.81. The van der Waals surface area contributed by atoms with Gasteiger partial charge in [-0.1, -0.05) is 12.1 Å². The summed E-state index contributed by atoms with van der Waals surface area (Å²) in [6.07, 6.45) is 2.19. The first kappa shape index (κ1) is 14.4. The van der Waals surface area contributed by atoms with E-state index in [-0.39, 0.29) is 5.91 Å². The third-order valence-electron chi connectivity index (χ3n) is 2.87. The fraction of sp³-hybridized carbons (Fsp3) is 0.200. The molecule has 0 aliphatic carbocycles. The van der Waals surface area contributed by atoms with E-state index in [1.54, 1.807) is 18.0 Å². The van der Waals surface area contributed by atoms with Gasteiger partial charge in [0.05, 0.1) is 5.03 Å². The summed E-state index contributed by atoms with van der Waals surface area (Å²) in [5, 5.41) is 3.82. The first-order valence-corrected chi connectivity index (χ1v) is 7.34. The predicted molar refractivity (Wildman–Crippen MR) is 83.8 cm³/mol. The fourth-order valence-electron chi connectivity index (χ4n) is 1.68. The number of nitrogen functional groups attached to an aromatic ring is 1. The maximum atomic E-state index is 11.9. The second-order valence-corrected chi connectivity index (χ2v) is 5.45. The average molecular weight is 287 g/mol. The minimum absolute atomic E-state index is 0.0119. The van der Waals surface area contributed by atoms with Crippen molar-refractivity contribution in [1.82, 2.24) is 4.98 Å². The van der Waals surface area contributed by atoms with Gasteiger partial charge in [0.2, 0.25) is 5.91 Å². The lowest BCUT2D eigenvalue weighted by Crippen LogP contribution is -2.13. The number of thioether (sulfide) groups is 1. The minimum atomic E-state index is -0.0119. The number of pyridine rings is 1. The molecule has 2 rings (SSSR count). The minimum Gasteiger partial charge on any atom is -0.398 e. The lowest BCUT2D eigenvalue weighted by atomic mass is 10.1. The summed E-state index contributed by atoms with van der Waals surface area (Å²) in [7, 11) is 0. The number of benzene rings is 1. The highest BCUT2D eigenvalue weighted by Gasteiger charge is 2.06. The van der Waals surface area contributed by atoms with Gasteiger partial charge in [-0.15, -0.1) is 11.8 Å². The summed E-state index contributed by atoms with van der Waals surface area (Å²) in [5.74, 6) is 0.687. The van der Waals surface area contributed by atoms with Gasteiger partial charge in [0.15, 0.2) is 0 Å². The summed E-state index contributed by atoms with van der Waals surface area (Å²) >= 11 is 1.57. The molecule has 0 fully saturated rings. The van der Waals surface area contributed by atoms with Crippen LogP contribution in [0.1, 0.15) is 12.0 Å². The molecular formula is C15H17N3OS. The largest absolute Gasteiger partial charge is 0.398 e. The van der Waals surface area contributed by atoms with Gasteiger partial charge in [-0.3, -0.25) is 4.79 Å². The van der Waals surface area contributed by atoms with Crippen LogP contribution >= 0.6 is 11.8 Å². The Labute approximate surface area is 122 Å². The van der Waals surface area contributed by atoms with E-state index >= 15 is 0 Å². The first-order chi connectivity index (χ1) is 9.66. The molecule has 5 heteroatoms. The first-order valence-electron chi connectivity index (χ1n) is 6.35. The normalized spacial score (nSPS) is 10.2. The molecule has 3 N–H and O–H groups in total. The number of hydrogen-bond donors (Lipinski definition) is 2. The van der Waals surface area contributed by atoms with Crippen LogP contribution < -0.4 is 11.1 Å². The van der Waals surface area contributed by atoms with Crippen molar-refractivity contribution in [2.75, 3.05) is 16.8 Å². The third kappa shape index (κ3) is 3.99. The van der Waals surface area contributed by atoms with Gasteiger partial charge in [-0.2, -0.15) is 0 Å². The number of anilines is 2. The number of aromatic nitrogens is 1. The monoisotopic (exact) mass is 287 g/mol. The molecule has 4 nitrogen and oxygen atoms in total. The van der Waals surface area contributed by atoms with Crippen molar-refractivity contribution in [2.45, 2.75) is 18.4 Å². The predicted octanol–water partition coefficient (Wildman–Crippen LogP) is 3.09. The van der Waals surface area contributed by atoms with Gasteiger partial charge in [0.1, 0.15) is 0 Å². The lowest BCUT2D eigenvalue weighted by Gasteiger charge is -2.09. The molecule has 0 unspecified atom stereocenters. The van der Waals surface area contributed by atoms with Crippen LogP contribution in [0.5, 0.6) is 0 Å². The Morgan fingerprint density at radius 2 is 2.15 bits per heavy atom. The second-order valence-electron chi connectivity index (χ2n) is 4.33. The fourth-order valence-corrected chi connectivity index (χ4v) is 2.49. The number of amides is 1. The van der Waals surface area contributed by atoms with Crippen LogP contribution in [0.2, 0.25) is 0 Å². The topological polar surface area (TPSA) is 68.0 Å². The molecule has 0 aliphatic rings. The van der Waals surface area contributed by atoms with Crippen LogP contribution in [0.15, 0.2) is 47.6 Å². The molecule has 0 saturated carbocycles. The van der Waals surface area contributed by atoms with Crippen LogP contribution in [0.3, 0.4) is 0 Å². The van der Waals surface area contributed by atoms with Crippen molar-refractivity contribution in [3.8, 4) is 0 Å². The molecule has 1 aromatic heterocycles. The maximum Gasteiger partial charge on any atom is 0.225 e. The van der Waals surface area contributed by atoms with Crippen molar-refractivity contribution in [1.29, 1.82) is 0 Å². The van der Waals surface area contributed by atoms with Crippen LogP contribution in [-0.4, -0.2) is 16.6 Å². The lowest BCUT2D eigenvalue weighted by molar-refractivity contribution is -0.115. The summed E-state index contributed by atoms with van der Waals surface area (Å²) < 4.78 is 0. The van der Waals surface area contributed by atoms with Gasteiger partial charge in [0, 0.05) is 29.7 Å². The summed E-state index contributed by atoms with van der Waals surface area (Å²) in [6, 6.07) is 11.3. The van der Waals surface area contributed by atoms with Crippen molar-refractivity contribution in [2.24, 2.45) is 0 Å². The van der Waals surface area contributed by atoms with Gasteiger partial charge < -0.3 is 11.1 Å². The van der Waals surface area contributed by atoms with E-state index in [4.69, 9.17) is 5.73 Å². The Balaban J connectivity index is 1.82. The number of rotatable bonds is 5. The molecule has 0 saturated heterocycles. The summed E-state index contributed by atoms with van der Waals surface area (Å²) in [6.45, 7) is 1.90. The molecule has 1 amide bonds. The molecule has 0 aliphatic heterocycles. The van der Waals surface area contributed by atoms with E-state index in [2.05, 4.69) is 10.3 Å². The zero-order chi connectivity index (χ0) is 14.4. The number of nitrogens with one attached hydrogen (secondary N) is 1. The van der Waals surface area contributed by atoms with E-state index in [0.717, 1.165) is 16.3 Å². The molecular weight excluding hydrogens is 270 g/mol. The van der Waals surface area contributed by atoms with Crippen molar-refractivity contribution >= 4 is 29.0 Å². The van der Waals surface area contributed by atoms with Gasteiger partial charge >= 0.3 is 0 Å². The maximum absolute atomic E-state index is 11.9. The quantitative estimate of drug-likeness (QED) is 0.655. The van der Waals surface area contributed by atoms with Crippen molar-refractivity contribution in [3.63, 3.8) is 0 Å². The Morgan fingerprint density at radius 3 is 2.90 bits per heavy atom.